The molecule has 0 spiro atoms. The van der Waals surface area contributed by atoms with Gasteiger partial charge < -0.3 is 19.4 Å². The van der Waals surface area contributed by atoms with Crippen molar-refractivity contribution in [1.29, 1.82) is 0 Å². The summed E-state index contributed by atoms with van der Waals surface area (Å²) in [5.41, 5.74) is 2.01. The van der Waals surface area contributed by atoms with E-state index >= 15 is 0 Å². The van der Waals surface area contributed by atoms with Gasteiger partial charge in [0.2, 0.25) is 5.91 Å². The first kappa shape index (κ1) is 25.3. The summed E-state index contributed by atoms with van der Waals surface area (Å²) in [6.07, 6.45) is 5.42. The third kappa shape index (κ3) is 7.32. The van der Waals surface area contributed by atoms with Crippen LogP contribution >= 0.6 is 0 Å². The number of hydrogen-bond donors (Lipinski definition) is 0. The fourth-order valence-electron chi connectivity index (χ4n) is 4.67. The molecule has 2 aliphatic rings. The fourth-order valence-corrected chi connectivity index (χ4v) is 4.67. The highest BCUT2D eigenvalue weighted by molar-refractivity contribution is 5.75. The zero-order valence-corrected chi connectivity index (χ0v) is 21.2. The molecule has 2 atom stereocenters. The smallest absolute Gasteiger partial charge is 0.410 e. The standard InChI is InChI=1S/C27H41N3O3/c1-20(18-21-10-8-7-9-11-21)23-19-24(23)30(26(32)33-27(2,3)4)22-12-15-29(16-13-22)17-14-25(31)28(5)6/h7-11,18,22-24H,12-17,19H2,1-6H3/b20-18+/t23-,24+/m0/s1. The number of hydrogen-bond acceptors (Lipinski definition) is 4. The Morgan fingerprint density at radius 1 is 1.12 bits per heavy atom. The Morgan fingerprint density at radius 3 is 2.33 bits per heavy atom. The van der Waals surface area contributed by atoms with Gasteiger partial charge in [-0.2, -0.15) is 0 Å². The molecule has 1 aromatic rings. The van der Waals surface area contributed by atoms with Gasteiger partial charge in [-0.05, 0) is 52.5 Å². The predicted molar refractivity (Wildman–Crippen MR) is 133 cm³/mol. The van der Waals surface area contributed by atoms with Crippen molar-refractivity contribution >= 4 is 18.1 Å². The molecule has 6 heteroatoms. The van der Waals surface area contributed by atoms with Gasteiger partial charge >= 0.3 is 6.09 Å². The number of likely N-dealkylation sites (tertiary alicyclic amines) is 1. The summed E-state index contributed by atoms with van der Waals surface area (Å²) in [4.78, 5) is 31.2. The van der Waals surface area contributed by atoms with Gasteiger partial charge in [-0.3, -0.25) is 4.79 Å². The van der Waals surface area contributed by atoms with Crippen molar-refractivity contribution in [2.75, 3.05) is 33.7 Å². The van der Waals surface area contributed by atoms with Crippen LogP contribution in [0.1, 0.15) is 58.9 Å². The number of rotatable bonds is 7. The molecule has 0 N–H and O–H groups in total. The fraction of sp³-hybridized carbons (Fsp3) is 0.630. The van der Waals surface area contributed by atoms with E-state index in [0.717, 1.165) is 38.9 Å². The van der Waals surface area contributed by atoms with Crippen LogP contribution < -0.4 is 0 Å². The van der Waals surface area contributed by atoms with Crippen LogP contribution in [0.4, 0.5) is 4.79 Å². The monoisotopic (exact) mass is 455 g/mol. The summed E-state index contributed by atoms with van der Waals surface area (Å²) in [5.74, 6) is 0.544. The van der Waals surface area contributed by atoms with Gasteiger partial charge in [0.05, 0.1) is 0 Å². The minimum Gasteiger partial charge on any atom is -0.444 e. The molecule has 2 amide bonds. The number of carbonyl (C=O) groups is 2. The molecule has 0 radical (unpaired) electrons. The molecule has 3 rings (SSSR count). The molecule has 2 fully saturated rings. The number of amides is 2. The lowest BCUT2D eigenvalue weighted by Crippen LogP contribution is -2.50. The first-order chi connectivity index (χ1) is 15.5. The largest absolute Gasteiger partial charge is 0.444 e. The molecule has 1 aliphatic carbocycles. The van der Waals surface area contributed by atoms with Crippen molar-refractivity contribution in [1.82, 2.24) is 14.7 Å². The lowest BCUT2D eigenvalue weighted by Gasteiger charge is -2.39. The van der Waals surface area contributed by atoms with Crippen molar-refractivity contribution in [3.05, 3.63) is 41.5 Å². The number of nitrogens with zero attached hydrogens (tertiary/aromatic N) is 3. The van der Waals surface area contributed by atoms with Crippen LogP contribution in [0.15, 0.2) is 35.9 Å². The van der Waals surface area contributed by atoms with Crippen LogP contribution in [0.5, 0.6) is 0 Å². The summed E-state index contributed by atoms with van der Waals surface area (Å²) in [6, 6.07) is 10.7. The Kier molecular flexibility index (Phi) is 8.22. The van der Waals surface area contributed by atoms with Gasteiger partial charge in [-0.15, -0.1) is 0 Å². The number of ether oxygens (including phenoxy) is 1. The zero-order valence-electron chi connectivity index (χ0n) is 21.2. The molecule has 1 aliphatic heterocycles. The van der Waals surface area contributed by atoms with E-state index in [1.807, 2.05) is 31.7 Å². The molecule has 1 saturated heterocycles. The molecular formula is C27H41N3O3. The van der Waals surface area contributed by atoms with Crippen LogP contribution in [-0.4, -0.2) is 78.1 Å². The molecule has 0 unspecified atom stereocenters. The third-order valence-corrected chi connectivity index (χ3v) is 6.59. The van der Waals surface area contributed by atoms with Crippen LogP contribution in [0.3, 0.4) is 0 Å². The highest BCUT2D eigenvalue weighted by Crippen LogP contribution is 2.44. The summed E-state index contributed by atoms with van der Waals surface area (Å²) in [6.45, 7) is 10.5. The summed E-state index contributed by atoms with van der Waals surface area (Å²) in [5, 5.41) is 0. The molecule has 1 saturated carbocycles. The molecule has 1 heterocycles. The van der Waals surface area contributed by atoms with Gasteiger partial charge in [-0.1, -0.05) is 42.0 Å². The van der Waals surface area contributed by atoms with Crippen LogP contribution in [0.2, 0.25) is 0 Å². The van der Waals surface area contributed by atoms with Crippen molar-refractivity contribution in [3.63, 3.8) is 0 Å². The highest BCUT2D eigenvalue weighted by atomic mass is 16.6. The Labute approximate surface area is 199 Å². The number of carbonyl (C=O) groups excluding carboxylic acids is 2. The maximum atomic E-state index is 13.3. The maximum Gasteiger partial charge on any atom is 0.410 e. The molecule has 6 nitrogen and oxygen atoms in total. The molecule has 0 aromatic heterocycles. The first-order valence-corrected chi connectivity index (χ1v) is 12.2. The quantitative estimate of drug-likeness (QED) is 0.600. The lowest BCUT2D eigenvalue weighted by atomic mass is 10.0. The van der Waals surface area contributed by atoms with E-state index in [-0.39, 0.29) is 24.1 Å². The number of benzene rings is 1. The summed E-state index contributed by atoms with van der Waals surface area (Å²) in [7, 11) is 3.60. The van der Waals surface area contributed by atoms with Crippen molar-refractivity contribution in [2.24, 2.45) is 5.92 Å². The minimum absolute atomic E-state index is 0.161. The normalized spacial score (nSPS) is 22.1. The van der Waals surface area contributed by atoms with Gasteiger partial charge in [0.15, 0.2) is 0 Å². The van der Waals surface area contributed by atoms with Crippen molar-refractivity contribution < 1.29 is 14.3 Å². The maximum absolute atomic E-state index is 13.3. The predicted octanol–water partition coefficient (Wildman–Crippen LogP) is 4.66. The lowest BCUT2D eigenvalue weighted by molar-refractivity contribution is -0.129. The SMILES string of the molecule is C/C(=C\c1ccccc1)[C@@H]1C[C@H]1N(C(=O)OC(C)(C)C)C1CCN(CCC(=O)N(C)C)CC1. The van der Waals surface area contributed by atoms with Gasteiger partial charge in [0.1, 0.15) is 5.60 Å². The molecule has 33 heavy (non-hydrogen) atoms. The second-order valence-electron chi connectivity index (χ2n) is 10.7. The van der Waals surface area contributed by atoms with Gasteiger partial charge in [-0.25, -0.2) is 4.79 Å². The van der Waals surface area contributed by atoms with Crippen LogP contribution in [0, 0.1) is 5.92 Å². The van der Waals surface area contributed by atoms with Crippen LogP contribution in [-0.2, 0) is 9.53 Å². The second-order valence-corrected chi connectivity index (χ2v) is 10.7. The Morgan fingerprint density at radius 2 is 1.76 bits per heavy atom. The molecule has 182 valence electrons. The second kappa shape index (κ2) is 10.7. The van der Waals surface area contributed by atoms with E-state index in [4.69, 9.17) is 4.74 Å². The average Bonchev–Trinajstić information content (AvgIpc) is 3.53. The van der Waals surface area contributed by atoms with E-state index < -0.39 is 5.60 Å². The first-order valence-electron chi connectivity index (χ1n) is 12.2. The van der Waals surface area contributed by atoms with Gasteiger partial charge in [0.25, 0.3) is 0 Å². The van der Waals surface area contributed by atoms with E-state index in [0.29, 0.717) is 12.3 Å². The number of piperidine rings is 1. The van der Waals surface area contributed by atoms with Crippen molar-refractivity contribution in [3.8, 4) is 0 Å². The van der Waals surface area contributed by atoms with Crippen molar-refractivity contribution in [2.45, 2.75) is 71.1 Å². The minimum atomic E-state index is -0.512. The van der Waals surface area contributed by atoms with Crippen LogP contribution in [0.25, 0.3) is 6.08 Å². The average molecular weight is 456 g/mol. The molecule has 0 bridgehead atoms. The topological polar surface area (TPSA) is 53.1 Å². The third-order valence-electron chi connectivity index (χ3n) is 6.59. The summed E-state index contributed by atoms with van der Waals surface area (Å²) < 4.78 is 5.84. The molecule has 1 aromatic carbocycles. The summed E-state index contributed by atoms with van der Waals surface area (Å²) >= 11 is 0. The Balaban J connectivity index is 1.64. The van der Waals surface area contributed by atoms with E-state index in [2.05, 4.69) is 42.2 Å². The molecular weight excluding hydrogens is 414 g/mol. The zero-order chi connectivity index (χ0) is 24.2. The van der Waals surface area contributed by atoms with E-state index in [1.54, 1.807) is 19.0 Å². The highest BCUT2D eigenvalue weighted by Gasteiger charge is 2.48. The van der Waals surface area contributed by atoms with E-state index in [9.17, 15) is 9.59 Å². The van der Waals surface area contributed by atoms with Gasteiger partial charge in [0, 0.05) is 58.2 Å². The van der Waals surface area contributed by atoms with E-state index in [1.165, 1.54) is 11.1 Å². The Bertz CT molecular complexity index is 836. The Hall–Kier alpha value is -2.34.